The zero-order valence-electron chi connectivity index (χ0n) is 11.6. The highest BCUT2D eigenvalue weighted by Crippen LogP contribution is 2.43. The van der Waals surface area contributed by atoms with E-state index >= 15 is 0 Å². The summed E-state index contributed by atoms with van der Waals surface area (Å²) in [7, 11) is 0. The summed E-state index contributed by atoms with van der Waals surface area (Å²) in [6.45, 7) is 0.557. The molecule has 0 amide bonds. The van der Waals surface area contributed by atoms with Gasteiger partial charge in [0.05, 0.1) is 5.70 Å². The van der Waals surface area contributed by atoms with Gasteiger partial charge in [-0.15, -0.1) is 11.3 Å². The fourth-order valence-electron chi connectivity index (χ4n) is 3.09. The maximum absolute atomic E-state index is 5.96. The van der Waals surface area contributed by atoms with Crippen LogP contribution in [0.15, 0.2) is 53.7 Å². The highest BCUT2D eigenvalue weighted by molar-refractivity contribution is 7.10. The third-order valence-electron chi connectivity index (χ3n) is 4.06. The van der Waals surface area contributed by atoms with Gasteiger partial charge in [0.2, 0.25) is 5.95 Å². The molecule has 1 atom stereocenters. The van der Waals surface area contributed by atoms with E-state index in [2.05, 4.69) is 39.0 Å². The number of hydrogen-bond acceptors (Lipinski definition) is 5. The number of fused-ring (bicyclic) bond motifs is 3. The third kappa shape index (κ3) is 1.58. The number of anilines is 1. The summed E-state index contributed by atoms with van der Waals surface area (Å²) in [5, 5.41) is 9.91. The molecule has 0 fully saturated rings. The van der Waals surface area contributed by atoms with Crippen molar-refractivity contribution in [3.8, 4) is 5.75 Å². The standard InChI is InChI=1S/C16H12N4OS/c1-2-5-12-10(4-1)14-11(8-21-12)15(13-6-3-7-22-13)20-16(19-14)17-9-18-20/h1-7,9,15H,8H2,(H,17,18,19)/t15-/m1/s1. The smallest absolute Gasteiger partial charge is 0.226 e. The van der Waals surface area contributed by atoms with Gasteiger partial charge in [0.15, 0.2) is 0 Å². The van der Waals surface area contributed by atoms with E-state index in [4.69, 9.17) is 4.74 Å². The van der Waals surface area contributed by atoms with E-state index in [1.54, 1.807) is 17.7 Å². The normalized spacial score (nSPS) is 18.8. The molecular formula is C16H12N4OS. The minimum atomic E-state index is 0.0436. The summed E-state index contributed by atoms with van der Waals surface area (Å²) >= 11 is 1.73. The molecule has 0 unspecified atom stereocenters. The topological polar surface area (TPSA) is 52.0 Å². The SMILES string of the molecule is c1csc([C@H]2C3=C(Nc4ncnn42)c2ccccc2OC3)c1. The van der Waals surface area contributed by atoms with Gasteiger partial charge < -0.3 is 10.1 Å². The molecule has 0 saturated carbocycles. The van der Waals surface area contributed by atoms with Crippen LogP contribution in [0.25, 0.3) is 5.70 Å². The molecule has 108 valence electrons. The first-order chi connectivity index (χ1) is 10.9. The number of nitrogens with zero attached hydrogens (tertiary/aromatic N) is 3. The molecule has 0 spiro atoms. The molecule has 0 aliphatic carbocycles. The number of thiophene rings is 1. The van der Waals surface area contributed by atoms with Gasteiger partial charge in [-0.05, 0) is 23.6 Å². The first-order valence-corrected chi connectivity index (χ1v) is 7.95. The van der Waals surface area contributed by atoms with Crippen LogP contribution in [0.2, 0.25) is 0 Å². The lowest BCUT2D eigenvalue weighted by molar-refractivity contribution is 0.328. The van der Waals surface area contributed by atoms with Gasteiger partial charge >= 0.3 is 0 Å². The van der Waals surface area contributed by atoms with Gasteiger partial charge in [0.1, 0.15) is 24.7 Å². The van der Waals surface area contributed by atoms with Crippen molar-refractivity contribution in [2.24, 2.45) is 0 Å². The number of hydrogen-bond donors (Lipinski definition) is 1. The zero-order chi connectivity index (χ0) is 14.5. The average molecular weight is 308 g/mol. The first kappa shape index (κ1) is 12.0. The molecule has 0 saturated heterocycles. The Morgan fingerprint density at radius 3 is 3.09 bits per heavy atom. The number of rotatable bonds is 1. The molecule has 4 heterocycles. The van der Waals surface area contributed by atoms with E-state index in [-0.39, 0.29) is 6.04 Å². The van der Waals surface area contributed by atoms with Crippen LogP contribution in [0.1, 0.15) is 16.5 Å². The molecule has 2 aliphatic rings. The minimum Gasteiger partial charge on any atom is -0.488 e. The van der Waals surface area contributed by atoms with Crippen LogP contribution in [-0.4, -0.2) is 21.4 Å². The number of benzene rings is 1. The van der Waals surface area contributed by atoms with E-state index in [0.29, 0.717) is 6.61 Å². The molecule has 22 heavy (non-hydrogen) atoms. The summed E-state index contributed by atoms with van der Waals surface area (Å²) in [5.41, 5.74) is 3.37. The second-order valence-corrected chi connectivity index (χ2v) is 6.24. The van der Waals surface area contributed by atoms with E-state index in [0.717, 1.165) is 23.0 Å². The molecule has 6 heteroatoms. The lowest BCUT2D eigenvalue weighted by Crippen LogP contribution is -2.29. The van der Waals surface area contributed by atoms with Crippen molar-refractivity contribution < 1.29 is 4.74 Å². The maximum Gasteiger partial charge on any atom is 0.226 e. The Labute approximate surface area is 130 Å². The van der Waals surface area contributed by atoms with Crippen LogP contribution in [0, 0.1) is 0 Å². The van der Waals surface area contributed by atoms with Crippen LogP contribution in [0.3, 0.4) is 0 Å². The van der Waals surface area contributed by atoms with Gasteiger partial charge in [0, 0.05) is 16.0 Å². The molecule has 5 rings (SSSR count). The molecule has 0 bridgehead atoms. The van der Waals surface area contributed by atoms with Crippen molar-refractivity contribution in [2.75, 3.05) is 11.9 Å². The second-order valence-electron chi connectivity index (χ2n) is 5.26. The first-order valence-electron chi connectivity index (χ1n) is 7.07. The summed E-state index contributed by atoms with van der Waals surface area (Å²) in [5.74, 6) is 1.68. The fraction of sp³-hybridized carbons (Fsp3) is 0.125. The highest BCUT2D eigenvalue weighted by atomic mass is 32.1. The molecular weight excluding hydrogens is 296 g/mol. The predicted molar refractivity (Wildman–Crippen MR) is 85.0 cm³/mol. The molecule has 0 radical (unpaired) electrons. The van der Waals surface area contributed by atoms with Crippen LogP contribution in [-0.2, 0) is 0 Å². The summed E-state index contributed by atoms with van der Waals surface area (Å²) in [4.78, 5) is 5.59. The number of para-hydroxylation sites is 1. The summed E-state index contributed by atoms with van der Waals surface area (Å²) in [6, 6.07) is 12.3. The summed E-state index contributed by atoms with van der Waals surface area (Å²) in [6.07, 6.45) is 1.59. The van der Waals surface area contributed by atoms with E-state index < -0.39 is 0 Å². The quantitative estimate of drug-likeness (QED) is 0.750. The third-order valence-corrected chi connectivity index (χ3v) is 4.98. The Kier molecular flexibility index (Phi) is 2.42. The lowest BCUT2D eigenvalue weighted by atomic mass is 9.95. The second kappa shape index (κ2) is 4.45. The predicted octanol–water partition coefficient (Wildman–Crippen LogP) is 3.16. The van der Waals surface area contributed by atoms with Crippen molar-refractivity contribution in [2.45, 2.75) is 6.04 Å². The lowest BCUT2D eigenvalue weighted by Gasteiger charge is -2.33. The molecule has 1 aromatic carbocycles. The molecule has 3 aromatic rings. The number of ether oxygens (including phenoxy) is 1. The van der Waals surface area contributed by atoms with E-state index in [1.165, 1.54) is 10.5 Å². The van der Waals surface area contributed by atoms with Gasteiger partial charge in [-0.1, -0.05) is 18.2 Å². The van der Waals surface area contributed by atoms with Crippen molar-refractivity contribution >= 4 is 23.0 Å². The van der Waals surface area contributed by atoms with Crippen molar-refractivity contribution in [3.63, 3.8) is 0 Å². The average Bonchev–Trinajstić information content (AvgIpc) is 3.24. The van der Waals surface area contributed by atoms with Crippen molar-refractivity contribution in [1.29, 1.82) is 0 Å². The highest BCUT2D eigenvalue weighted by Gasteiger charge is 2.35. The number of nitrogens with one attached hydrogen (secondary N) is 1. The molecule has 2 aromatic heterocycles. The van der Waals surface area contributed by atoms with Crippen LogP contribution >= 0.6 is 11.3 Å². The molecule has 5 nitrogen and oxygen atoms in total. The summed E-state index contributed by atoms with van der Waals surface area (Å²) < 4.78 is 7.89. The van der Waals surface area contributed by atoms with Crippen molar-refractivity contribution in [1.82, 2.24) is 14.8 Å². The van der Waals surface area contributed by atoms with E-state index in [1.807, 2.05) is 22.9 Å². The molecule has 2 aliphatic heterocycles. The van der Waals surface area contributed by atoms with Crippen molar-refractivity contribution in [3.05, 3.63) is 64.1 Å². The maximum atomic E-state index is 5.96. The fourth-order valence-corrected chi connectivity index (χ4v) is 3.93. The zero-order valence-corrected chi connectivity index (χ0v) is 12.4. The Bertz CT molecular complexity index is 881. The van der Waals surface area contributed by atoms with Crippen LogP contribution in [0.5, 0.6) is 5.75 Å². The Morgan fingerprint density at radius 1 is 1.23 bits per heavy atom. The number of aromatic nitrogens is 3. The Balaban J connectivity index is 1.76. The Hall–Kier alpha value is -2.60. The van der Waals surface area contributed by atoms with Gasteiger partial charge in [0.25, 0.3) is 0 Å². The largest absolute Gasteiger partial charge is 0.488 e. The molecule has 1 N–H and O–H groups in total. The van der Waals surface area contributed by atoms with Gasteiger partial charge in [-0.2, -0.15) is 10.1 Å². The van der Waals surface area contributed by atoms with Crippen LogP contribution in [0.4, 0.5) is 5.95 Å². The monoisotopic (exact) mass is 308 g/mol. The van der Waals surface area contributed by atoms with E-state index in [9.17, 15) is 0 Å². The van der Waals surface area contributed by atoms with Gasteiger partial charge in [-0.3, -0.25) is 0 Å². The van der Waals surface area contributed by atoms with Gasteiger partial charge in [-0.25, -0.2) is 4.68 Å². The minimum absolute atomic E-state index is 0.0436. The van der Waals surface area contributed by atoms with Crippen LogP contribution < -0.4 is 10.1 Å². The Morgan fingerprint density at radius 2 is 2.18 bits per heavy atom.